The van der Waals surface area contributed by atoms with Gasteiger partial charge in [0.25, 0.3) is 0 Å². The first-order valence-electron chi connectivity index (χ1n) is 5.86. The minimum atomic E-state index is -0.832. The topological polar surface area (TPSA) is 54.4 Å². The van der Waals surface area contributed by atoms with Gasteiger partial charge in [-0.3, -0.25) is 9.59 Å². The van der Waals surface area contributed by atoms with Crippen LogP contribution in [0.25, 0.3) is 0 Å². The lowest BCUT2D eigenvalue weighted by Gasteiger charge is -2.25. The van der Waals surface area contributed by atoms with Crippen LogP contribution in [0.2, 0.25) is 0 Å². The molecule has 0 aliphatic heterocycles. The number of hydrogen-bond acceptors (Lipinski definition) is 2. The summed E-state index contributed by atoms with van der Waals surface area (Å²) in [5.41, 5.74) is -0.513. The average molecular weight is 212 g/mol. The number of carboxylic acid groups (broad SMARTS) is 1. The molecule has 0 bridgehead atoms. The number of carbonyl (C=O) groups is 2. The van der Waals surface area contributed by atoms with E-state index in [1.54, 1.807) is 0 Å². The van der Waals surface area contributed by atoms with Crippen LogP contribution in [0.4, 0.5) is 0 Å². The van der Waals surface area contributed by atoms with Gasteiger partial charge in [-0.1, -0.05) is 26.2 Å². The van der Waals surface area contributed by atoms with Crippen molar-refractivity contribution in [2.24, 2.45) is 5.41 Å². The molecule has 0 aromatic carbocycles. The number of carbonyl (C=O) groups excluding carboxylic acids is 1. The SMILES string of the molecule is CCCCCC1(CC(=O)O)CCCC1=O. The first kappa shape index (κ1) is 12.2. The third kappa shape index (κ3) is 3.05. The van der Waals surface area contributed by atoms with Gasteiger partial charge in [-0.2, -0.15) is 0 Å². The average Bonchev–Trinajstić information content (AvgIpc) is 2.48. The molecule has 1 aliphatic rings. The van der Waals surface area contributed by atoms with Gasteiger partial charge in [0.05, 0.1) is 6.42 Å². The van der Waals surface area contributed by atoms with Crippen LogP contribution in [0.1, 0.15) is 58.3 Å². The van der Waals surface area contributed by atoms with Gasteiger partial charge in [-0.15, -0.1) is 0 Å². The lowest BCUT2D eigenvalue weighted by atomic mass is 9.77. The Morgan fingerprint density at radius 3 is 2.67 bits per heavy atom. The first-order chi connectivity index (χ1) is 7.10. The lowest BCUT2D eigenvalue weighted by molar-refractivity contribution is -0.143. The molecule has 86 valence electrons. The first-order valence-corrected chi connectivity index (χ1v) is 5.86. The van der Waals surface area contributed by atoms with Crippen molar-refractivity contribution in [3.8, 4) is 0 Å². The third-order valence-corrected chi connectivity index (χ3v) is 3.40. The highest BCUT2D eigenvalue weighted by Crippen LogP contribution is 2.42. The van der Waals surface area contributed by atoms with E-state index >= 15 is 0 Å². The molecule has 3 heteroatoms. The fraction of sp³-hybridized carbons (Fsp3) is 0.833. The number of hydrogen-bond donors (Lipinski definition) is 1. The van der Waals surface area contributed by atoms with E-state index in [4.69, 9.17) is 5.11 Å². The maximum atomic E-state index is 11.8. The molecule has 1 rings (SSSR count). The van der Waals surface area contributed by atoms with E-state index < -0.39 is 11.4 Å². The molecular weight excluding hydrogens is 192 g/mol. The minimum Gasteiger partial charge on any atom is -0.481 e. The third-order valence-electron chi connectivity index (χ3n) is 3.40. The molecule has 1 unspecified atom stereocenters. The summed E-state index contributed by atoms with van der Waals surface area (Å²) in [4.78, 5) is 22.5. The van der Waals surface area contributed by atoms with E-state index in [1.807, 2.05) is 0 Å². The molecule has 1 aliphatic carbocycles. The van der Waals surface area contributed by atoms with Crippen LogP contribution in [0.15, 0.2) is 0 Å². The molecule has 0 spiro atoms. The molecule has 1 fully saturated rings. The van der Waals surface area contributed by atoms with Crippen molar-refractivity contribution in [1.29, 1.82) is 0 Å². The van der Waals surface area contributed by atoms with Crippen molar-refractivity contribution in [2.75, 3.05) is 0 Å². The summed E-state index contributed by atoms with van der Waals surface area (Å²) < 4.78 is 0. The fourth-order valence-electron chi connectivity index (χ4n) is 2.53. The monoisotopic (exact) mass is 212 g/mol. The van der Waals surface area contributed by atoms with Crippen LogP contribution in [0, 0.1) is 5.41 Å². The van der Waals surface area contributed by atoms with Crippen LogP contribution in [0.3, 0.4) is 0 Å². The molecule has 0 heterocycles. The Labute approximate surface area is 90.9 Å². The largest absolute Gasteiger partial charge is 0.481 e. The minimum absolute atomic E-state index is 0.0372. The van der Waals surface area contributed by atoms with Gasteiger partial charge in [0, 0.05) is 11.8 Å². The quantitative estimate of drug-likeness (QED) is 0.689. The Balaban J connectivity index is 2.59. The zero-order valence-electron chi connectivity index (χ0n) is 9.42. The summed E-state index contributed by atoms with van der Waals surface area (Å²) in [5.74, 6) is -0.650. The van der Waals surface area contributed by atoms with E-state index in [1.165, 1.54) is 0 Å². The Bertz CT molecular complexity index is 247. The maximum Gasteiger partial charge on any atom is 0.304 e. The van der Waals surface area contributed by atoms with Gasteiger partial charge < -0.3 is 5.11 Å². The van der Waals surface area contributed by atoms with E-state index in [2.05, 4.69) is 6.92 Å². The zero-order chi connectivity index (χ0) is 11.3. The molecule has 0 amide bonds. The van der Waals surface area contributed by atoms with Crippen molar-refractivity contribution in [1.82, 2.24) is 0 Å². The van der Waals surface area contributed by atoms with Gasteiger partial charge in [0.1, 0.15) is 5.78 Å². The predicted octanol–water partition coefficient (Wildman–Crippen LogP) is 2.78. The van der Waals surface area contributed by atoms with Gasteiger partial charge in [0.2, 0.25) is 0 Å². The number of Topliss-reactive ketones (excluding diaryl/α,β-unsaturated/α-hetero) is 1. The second-order valence-corrected chi connectivity index (χ2v) is 4.58. The van der Waals surface area contributed by atoms with Crippen LogP contribution < -0.4 is 0 Å². The molecule has 0 radical (unpaired) electrons. The van der Waals surface area contributed by atoms with E-state index in [0.29, 0.717) is 6.42 Å². The van der Waals surface area contributed by atoms with Crippen molar-refractivity contribution < 1.29 is 14.7 Å². The standard InChI is InChI=1S/C12H20O3/c1-2-3-4-7-12(9-11(14)15)8-5-6-10(12)13/h2-9H2,1H3,(H,14,15). The zero-order valence-corrected chi connectivity index (χ0v) is 9.42. The second-order valence-electron chi connectivity index (χ2n) is 4.58. The van der Waals surface area contributed by atoms with Crippen molar-refractivity contribution >= 4 is 11.8 Å². The van der Waals surface area contributed by atoms with Gasteiger partial charge in [-0.25, -0.2) is 0 Å². The molecular formula is C12H20O3. The molecule has 0 saturated heterocycles. The Hall–Kier alpha value is -0.860. The number of ketones is 1. The smallest absolute Gasteiger partial charge is 0.304 e. The van der Waals surface area contributed by atoms with Crippen LogP contribution in [0.5, 0.6) is 0 Å². The Morgan fingerprint density at radius 1 is 1.47 bits per heavy atom. The summed E-state index contributed by atoms with van der Waals surface area (Å²) in [7, 11) is 0. The predicted molar refractivity (Wildman–Crippen MR) is 57.7 cm³/mol. The summed E-state index contributed by atoms with van der Waals surface area (Å²) in [5, 5.41) is 8.86. The Kier molecular flexibility index (Phi) is 4.30. The summed E-state index contributed by atoms with van der Waals surface area (Å²) in [6.45, 7) is 2.11. The Morgan fingerprint density at radius 2 is 2.20 bits per heavy atom. The maximum absolute atomic E-state index is 11.8. The van der Waals surface area contributed by atoms with Crippen LogP contribution in [-0.2, 0) is 9.59 Å². The normalized spacial score (nSPS) is 25.8. The summed E-state index contributed by atoms with van der Waals surface area (Å²) >= 11 is 0. The van der Waals surface area contributed by atoms with Gasteiger partial charge in [0.15, 0.2) is 0 Å². The van der Waals surface area contributed by atoms with Gasteiger partial charge in [-0.05, 0) is 19.3 Å². The van der Waals surface area contributed by atoms with E-state index in [-0.39, 0.29) is 12.2 Å². The second kappa shape index (κ2) is 5.29. The number of rotatable bonds is 6. The highest BCUT2D eigenvalue weighted by Gasteiger charge is 2.42. The van der Waals surface area contributed by atoms with Crippen LogP contribution in [-0.4, -0.2) is 16.9 Å². The highest BCUT2D eigenvalue weighted by atomic mass is 16.4. The molecule has 3 nitrogen and oxygen atoms in total. The summed E-state index contributed by atoms with van der Waals surface area (Å²) in [6, 6.07) is 0. The van der Waals surface area contributed by atoms with E-state index in [0.717, 1.165) is 38.5 Å². The van der Waals surface area contributed by atoms with E-state index in [9.17, 15) is 9.59 Å². The van der Waals surface area contributed by atoms with Crippen molar-refractivity contribution in [3.05, 3.63) is 0 Å². The molecule has 1 saturated carbocycles. The highest BCUT2D eigenvalue weighted by molar-refractivity contribution is 5.90. The van der Waals surface area contributed by atoms with Crippen molar-refractivity contribution in [2.45, 2.75) is 58.3 Å². The molecule has 0 aromatic heterocycles. The van der Waals surface area contributed by atoms with Crippen molar-refractivity contribution in [3.63, 3.8) is 0 Å². The number of aliphatic carboxylic acids is 1. The molecule has 0 aromatic rings. The molecule has 1 atom stereocenters. The molecule has 15 heavy (non-hydrogen) atoms. The summed E-state index contributed by atoms with van der Waals surface area (Å²) in [6.07, 6.45) is 6.22. The molecule has 1 N–H and O–H groups in total. The number of carboxylic acids is 1. The van der Waals surface area contributed by atoms with Crippen LogP contribution >= 0.6 is 0 Å². The lowest BCUT2D eigenvalue weighted by Crippen LogP contribution is -2.28. The number of unbranched alkanes of at least 4 members (excludes halogenated alkanes) is 2. The van der Waals surface area contributed by atoms with Gasteiger partial charge >= 0.3 is 5.97 Å². The fourth-order valence-corrected chi connectivity index (χ4v) is 2.53.